The fraction of sp³-hybridized carbons (Fsp3) is 0.105. The van der Waals surface area contributed by atoms with Crippen LogP contribution in [-0.2, 0) is 6.42 Å². The van der Waals surface area contributed by atoms with E-state index < -0.39 is 0 Å². The van der Waals surface area contributed by atoms with Crippen LogP contribution >= 0.6 is 0 Å². The van der Waals surface area contributed by atoms with Crippen molar-refractivity contribution in [3.8, 4) is 11.1 Å². The van der Waals surface area contributed by atoms with E-state index >= 15 is 0 Å². The molecule has 1 heterocycles. The van der Waals surface area contributed by atoms with E-state index in [0.717, 1.165) is 6.42 Å². The van der Waals surface area contributed by atoms with Gasteiger partial charge in [-0.1, -0.05) is 54.6 Å². The summed E-state index contributed by atoms with van der Waals surface area (Å²) in [6.07, 6.45) is 4.93. The lowest BCUT2D eigenvalue weighted by atomic mass is 9.76. The summed E-state index contributed by atoms with van der Waals surface area (Å²) < 4.78 is 0. The highest BCUT2D eigenvalue weighted by Gasteiger charge is 2.25. The van der Waals surface area contributed by atoms with E-state index in [0.29, 0.717) is 5.92 Å². The zero-order chi connectivity index (χ0) is 13.4. The minimum Gasteiger partial charge on any atom is -0.264 e. The van der Waals surface area contributed by atoms with Crippen molar-refractivity contribution in [1.82, 2.24) is 4.98 Å². The van der Waals surface area contributed by atoms with E-state index in [-0.39, 0.29) is 0 Å². The van der Waals surface area contributed by atoms with Gasteiger partial charge in [-0.25, -0.2) is 0 Å². The number of benzene rings is 2. The van der Waals surface area contributed by atoms with Gasteiger partial charge in [0.2, 0.25) is 0 Å². The molecule has 0 radical (unpaired) electrons. The average molecular weight is 257 g/mol. The molecule has 1 unspecified atom stereocenters. The van der Waals surface area contributed by atoms with Gasteiger partial charge in [-0.2, -0.15) is 0 Å². The number of hydrogen-bond donors (Lipinski definition) is 0. The van der Waals surface area contributed by atoms with E-state index in [1.807, 2.05) is 12.4 Å². The molecule has 0 spiro atoms. The molecule has 1 aromatic heterocycles. The lowest BCUT2D eigenvalue weighted by Crippen LogP contribution is -2.12. The van der Waals surface area contributed by atoms with Crippen molar-refractivity contribution in [2.75, 3.05) is 0 Å². The second-order valence-electron chi connectivity index (χ2n) is 5.29. The van der Waals surface area contributed by atoms with Crippen LogP contribution in [0.25, 0.3) is 11.1 Å². The number of hydrogen-bond acceptors (Lipinski definition) is 1. The normalized spacial score (nSPS) is 16.3. The largest absolute Gasteiger partial charge is 0.264 e. The summed E-state index contributed by atoms with van der Waals surface area (Å²) in [7, 11) is 0. The number of aromatic nitrogens is 1. The van der Waals surface area contributed by atoms with Gasteiger partial charge in [0, 0.05) is 18.3 Å². The molecule has 1 nitrogen and oxygen atoms in total. The first-order valence-electron chi connectivity index (χ1n) is 7.00. The van der Waals surface area contributed by atoms with Crippen LogP contribution in [0.5, 0.6) is 0 Å². The Morgan fingerprint density at radius 1 is 0.800 bits per heavy atom. The third kappa shape index (κ3) is 1.75. The van der Waals surface area contributed by atoms with E-state index in [4.69, 9.17) is 0 Å². The van der Waals surface area contributed by atoms with Crippen molar-refractivity contribution >= 4 is 0 Å². The molecular formula is C19H15N. The molecule has 2 aromatic carbocycles. The molecular weight excluding hydrogens is 242 g/mol. The van der Waals surface area contributed by atoms with Crippen LogP contribution in [0.2, 0.25) is 0 Å². The number of pyridine rings is 1. The Kier molecular flexibility index (Phi) is 2.63. The molecule has 1 atom stereocenters. The summed E-state index contributed by atoms with van der Waals surface area (Å²) in [5.74, 6) is 0.434. The summed E-state index contributed by atoms with van der Waals surface area (Å²) in [5.41, 5.74) is 6.85. The molecule has 0 fully saturated rings. The van der Waals surface area contributed by atoms with Crippen molar-refractivity contribution in [3.05, 3.63) is 89.7 Å². The first-order chi connectivity index (χ1) is 9.93. The monoisotopic (exact) mass is 257 g/mol. The minimum atomic E-state index is 0.434. The molecule has 0 N–H and O–H groups in total. The van der Waals surface area contributed by atoms with Gasteiger partial charge in [-0.15, -0.1) is 0 Å². The van der Waals surface area contributed by atoms with Crippen LogP contribution in [0.15, 0.2) is 73.1 Å². The zero-order valence-electron chi connectivity index (χ0n) is 11.2. The molecule has 0 aliphatic heterocycles. The number of fused-ring (bicyclic) bond motifs is 3. The standard InChI is InChI=1S/C19H15N/c1-2-6-14(7-3-1)19-12-15-13-20-11-10-16(15)17-8-4-5-9-18(17)19/h1-11,13,19H,12H2. The van der Waals surface area contributed by atoms with Crippen molar-refractivity contribution in [2.24, 2.45) is 0 Å². The highest BCUT2D eigenvalue weighted by Crippen LogP contribution is 2.41. The second-order valence-corrected chi connectivity index (χ2v) is 5.29. The molecule has 20 heavy (non-hydrogen) atoms. The Hall–Kier alpha value is -2.41. The fourth-order valence-corrected chi connectivity index (χ4v) is 3.21. The van der Waals surface area contributed by atoms with Crippen LogP contribution in [-0.4, -0.2) is 4.98 Å². The Labute approximate surface area is 118 Å². The van der Waals surface area contributed by atoms with Gasteiger partial charge in [-0.3, -0.25) is 4.98 Å². The predicted octanol–water partition coefficient (Wildman–Crippen LogP) is 4.44. The van der Waals surface area contributed by atoms with Crippen LogP contribution in [0, 0.1) is 0 Å². The highest BCUT2D eigenvalue weighted by atomic mass is 14.6. The first kappa shape index (κ1) is 11.4. The van der Waals surface area contributed by atoms with Crippen molar-refractivity contribution < 1.29 is 0 Å². The molecule has 3 aromatic rings. The SMILES string of the molecule is c1ccc(C2Cc3cnccc3-c3ccccc32)cc1. The van der Waals surface area contributed by atoms with E-state index in [2.05, 4.69) is 65.6 Å². The molecule has 0 bridgehead atoms. The average Bonchev–Trinajstić information content (AvgIpc) is 2.55. The fourth-order valence-electron chi connectivity index (χ4n) is 3.21. The molecule has 4 rings (SSSR count). The molecule has 0 amide bonds. The molecule has 1 heteroatoms. The van der Waals surface area contributed by atoms with Crippen molar-refractivity contribution in [1.29, 1.82) is 0 Å². The summed E-state index contributed by atoms with van der Waals surface area (Å²) in [4.78, 5) is 4.30. The van der Waals surface area contributed by atoms with Crippen molar-refractivity contribution in [3.63, 3.8) is 0 Å². The molecule has 0 saturated carbocycles. The minimum absolute atomic E-state index is 0.434. The van der Waals surface area contributed by atoms with Gasteiger partial charge >= 0.3 is 0 Å². The van der Waals surface area contributed by atoms with Gasteiger partial charge in [0.05, 0.1) is 0 Å². The zero-order valence-corrected chi connectivity index (χ0v) is 11.2. The van der Waals surface area contributed by atoms with Gasteiger partial charge < -0.3 is 0 Å². The van der Waals surface area contributed by atoms with E-state index in [1.165, 1.54) is 27.8 Å². The van der Waals surface area contributed by atoms with Crippen LogP contribution in [0.1, 0.15) is 22.6 Å². The van der Waals surface area contributed by atoms with Crippen LogP contribution < -0.4 is 0 Å². The summed E-state index contributed by atoms with van der Waals surface area (Å²) in [6.45, 7) is 0. The summed E-state index contributed by atoms with van der Waals surface area (Å²) in [5, 5.41) is 0. The number of rotatable bonds is 1. The van der Waals surface area contributed by atoms with Gasteiger partial charge in [0.1, 0.15) is 0 Å². The van der Waals surface area contributed by atoms with Crippen LogP contribution in [0.3, 0.4) is 0 Å². The Bertz CT molecular complexity index is 746. The Morgan fingerprint density at radius 2 is 1.60 bits per heavy atom. The first-order valence-corrected chi connectivity index (χ1v) is 7.00. The molecule has 1 aliphatic rings. The topological polar surface area (TPSA) is 12.9 Å². The lowest BCUT2D eigenvalue weighted by molar-refractivity contribution is 0.790. The predicted molar refractivity (Wildman–Crippen MR) is 81.7 cm³/mol. The third-order valence-electron chi connectivity index (χ3n) is 4.16. The molecule has 0 saturated heterocycles. The van der Waals surface area contributed by atoms with Gasteiger partial charge in [0.15, 0.2) is 0 Å². The smallest absolute Gasteiger partial charge is 0.0306 e. The highest BCUT2D eigenvalue weighted by molar-refractivity contribution is 5.74. The maximum atomic E-state index is 4.30. The van der Waals surface area contributed by atoms with Gasteiger partial charge in [-0.05, 0) is 40.3 Å². The van der Waals surface area contributed by atoms with Crippen LogP contribution in [0.4, 0.5) is 0 Å². The van der Waals surface area contributed by atoms with E-state index in [9.17, 15) is 0 Å². The van der Waals surface area contributed by atoms with E-state index in [1.54, 1.807) is 0 Å². The number of nitrogens with zero attached hydrogens (tertiary/aromatic N) is 1. The second kappa shape index (κ2) is 4.61. The third-order valence-corrected chi connectivity index (χ3v) is 4.16. The lowest BCUT2D eigenvalue weighted by Gasteiger charge is -2.27. The quantitative estimate of drug-likeness (QED) is 0.628. The maximum absolute atomic E-state index is 4.30. The van der Waals surface area contributed by atoms with Gasteiger partial charge in [0.25, 0.3) is 0 Å². The Balaban J connectivity index is 1.93. The molecule has 96 valence electrons. The van der Waals surface area contributed by atoms with Crippen molar-refractivity contribution in [2.45, 2.75) is 12.3 Å². The summed E-state index contributed by atoms with van der Waals surface area (Å²) in [6, 6.07) is 21.7. The Morgan fingerprint density at radius 3 is 2.50 bits per heavy atom. The summed E-state index contributed by atoms with van der Waals surface area (Å²) >= 11 is 0. The molecule has 1 aliphatic carbocycles. The maximum Gasteiger partial charge on any atom is 0.0306 e.